The molecule has 2 N–H and O–H groups in total. The molecule has 0 radical (unpaired) electrons. The first-order valence-corrected chi connectivity index (χ1v) is 11.4. The third-order valence-corrected chi connectivity index (χ3v) is 5.19. The minimum absolute atomic E-state index is 0.0807. The van der Waals surface area contributed by atoms with Gasteiger partial charge < -0.3 is 15.5 Å². The van der Waals surface area contributed by atoms with Crippen molar-refractivity contribution in [3.63, 3.8) is 0 Å². The van der Waals surface area contributed by atoms with Crippen LogP contribution in [0.4, 0.5) is 10.2 Å². The fourth-order valence-corrected chi connectivity index (χ4v) is 3.59. The Labute approximate surface area is 204 Å². The van der Waals surface area contributed by atoms with Crippen LogP contribution in [-0.2, 0) is 20.9 Å². The van der Waals surface area contributed by atoms with E-state index in [2.05, 4.69) is 15.6 Å². The van der Waals surface area contributed by atoms with Gasteiger partial charge >= 0.3 is 0 Å². The first kappa shape index (κ1) is 25.6. The number of amides is 3. The van der Waals surface area contributed by atoms with Crippen molar-refractivity contribution in [3.8, 4) is 0 Å². The molecule has 3 aromatic rings. The number of carbonyl (C=O) groups excluding carboxylic acids is 3. The van der Waals surface area contributed by atoms with Gasteiger partial charge in [0.15, 0.2) is 0 Å². The Morgan fingerprint density at radius 3 is 2.23 bits per heavy atom. The van der Waals surface area contributed by atoms with Gasteiger partial charge in [-0.15, -0.1) is 0 Å². The molecule has 7 nitrogen and oxygen atoms in total. The smallest absolute Gasteiger partial charge is 0.247 e. The summed E-state index contributed by atoms with van der Waals surface area (Å²) in [6.07, 6.45) is 1.36. The SMILES string of the molecule is CC(C)NC(=O)[C@@H](c1ccc(F)cc1)N(Cc1ccccc1)C(=O)CCC(=O)Nc1ccccn1. The molecule has 0 bridgehead atoms. The molecule has 2 aromatic carbocycles. The van der Waals surface area contributed by atoms with E-state index in [1.54, 1.807) is 24.4 Å². The quantitative estimate of drug-likeness (QED) is 0.458. The molecule has 1 aromatic heterocycles. The molecule has 0 fully saturated rings. The van der Waals surface area contributed by atoms with Gasteiger partial charge in [-0.2, -0.15) is 0 Å². The van der Waals surface area contributed by atoms with E-state index >= 15 is 0 Å². The van der Waals surface area contributed by atoms with E-state index in [1.165, 1.54) is 29.2 Å². The van der Waals surface area contributed by atoms with Crippen LogP contribution in [0.1, 0.15) is 43.9 Å². The van der Waals surface area contributed by atoms with Crippen LogP contribution in [0.5, 0.6) is 0 Å². The molecule has 3 amide bonds. The maximum atomic E-state index is 13.6. The molecule has 0 saturated carbocycles. The van der Waals surface area contributed by atoms with E-state index in [9.17, 15) is 18.8 Å². The van der Waals surface area contributed by atoms with E-state index in [0.717, 1.165) is 5.56 Å². The Kier molecular flexibility index (Phi) is 9.06. The van der Waals surface area contributed by atoms with Crippen molar-refractivity contribution >= 4 is 23.5 Å². The second kappa shape index (κ2) is 12.4. The van der Waals surface area contributed by atoms with Gasteiger partial charge in [-0.05, 0) is 49.2 Å². The average molecular weight is 477 g/mol. The van der Waals surface area contributed by atoms with Crippen LogP contribution in [0, 0.1) is 5.82 Å². The lowest BCUT2D eigenvalue weighted by molar-refractivity contribution is -0.142. The lowest BCUT2D eigenvalue weighted by Crippen LogP contribution is -2.45. The van der Waals surface area contributed by atoms with Gasteiger partial charge in [0, 0.05) is 31.6 Å². The Bertz CT molecular complexity index is 1120. The molecular weight excluding hydrogens is 447 g/mol. The number of rotatable bonds is 10. The zero-order valence-electron chi connectivity index (χ0n) is 19.8. The highest BCUT2D eigenvalue weighted by Gasteiger charge is 2.32. The minimum atomic E-state index is -0.996. The first-order valence-electron chi connectivity index (χ1n) is 11.4. The lowest BCUT2D eigenvalue weighted by Gasteiger charge is -2.32. The van der Waals surface area contributed by atoms with Gasteiger partial charge in [0.05, 0.1) is 0 Å². The van der Waals surface area contributed by atoms with Gasteiger partial charge in [0.25, 0.3) is 0 Å². The monoisotopic (exact) mass is 476 g/mol. The van der Waals surface area contributed by atoms with Crippen LogP contribution < -0.4 is 10.6 Å². The third-order valence-electron chi connectivity index (χ3n) is 5.19. The summed E-state index contributed by atoms with van der Waals surface area (Å²) in [5.41, 5.74) is 1.30. The molecule has 182 valence electrons. The van der Waals surface area contributed by atoms with Gasteiger partial charge in [-0.1, -0.05) is 48.5 Å². The van der Waals surface area contributed by atoms with Crippen LogP contribution in [0.3, 0.4) is 0 Å². The molecule has 0 unspecified atom stereocenters. The van der Waals surface area contributed by atoms with E-state index in [-0.39, 0.29) is 43.1 Å². The molecule has 3 rings (SSSR count). The van der Waals surface area contributed by atoms with Crippen molar-refractivity contribution in [2.75, 3.05) is 5.32 Å². The zero-order valence-corrected chi connectivity index (χ0v) is 19.8. The number of pyridine rings is 1. The second-order valence-corrected chi connectivity index (χ2v) is 8.39. The summed E-state index contributed by atoms with van der Waals surface area (Å²) in [7, 11) is 0. The predicted octanol–water partition coefficient (Wildman–Crippen LogP) is 4.23. The van der Waals surface area contributed by atoms with Crippen molar-refractivity contribution in [1.29, 1.82) is 0 Å². The molecular formula is C27H29FN4O3. The Morgan fingerprint density at radius 1 is 0.914 bits per heavy atom. The van der Waals surface area contributed by atoms with Crippen LogP contribution in [0.25, 0.3) is 0 Å². The number of nitrogens with zero attached hydrogens (tertiary/aromatic N) is 2. The minimum Gasteiger partial charge on any atom is -0.352 e. The summed E-state index contributed by atoms with van der Waals surface area (Å²) < 4.78 is 13.6. The average Bonchev–Trinajstić information content (AvgIpc) is 2.84. The zero-order chi connectivity index (χ0) is 25.2. The maximum Gasteiger partial charge on any atom is 0.247 e. The highest BCUT2D eigenvalue weighted by molar-refractivity contribution is 5.94. The Balaban J connectivity index is 1.86. The maximum absolute atomic E-state index is 13.6. The Morgan fingerprint density at radius 2 is 1.60 bits per heavy atom. The molecule has 0 aliphatic carbocycles. The standard InChI is InChI=1S/C27H29FN4O3/c1-19(2)30-27(35)26(21-11-13-22(28)14-12-21)32(18-20-8-4-3-5-9-20)25(34)16-15-24(33)31-23-10-6-7-17-29-23/h3-14,17,19,26H,15-16,18H2,1-2H3,(H,30,35)(H,29,31,33)/t26-/m1/s1. The Hall–Kier alpha value is -4.07. The normalized spacial score (nSPS) is 11.5. The summed E-state index contributed by atoms with van der Waals surface area (Å²) in [5.74, 6) is -1.16. The lowest BCUT2D eigenvalue weighted by atomic mass is 10.0. The number of nitrogens with one attached hydrogen (secondary N) is 2. The van der Waals surface area contributed by atoms with Gasteiger partial charge in [-0.3, -0.25) is 14.4 Å². The van der Waals surface area contributed by atoms with Crippen LogP contribution >= 0.6 is 0 Å². The highest BCUT2D eigenvalue weighted by Crippen LogP contribution is 2.25. The van der Waals surface area contributed by atoms with Gasteiger partial charge in [0.1, 0.15) is 17.7 Å². The predicted molar refractivity (Wildman–Crippen MR) is 132 cm³/mol. The van der Waals surface area contributed by atoms with Crippen molar-refractivity contribution < 1.29 is 18.8 Å². The van der Waals surface area contributed by atoms with E-state index < -0.39 is 11.9 Å². The molecule has 1 heterocycles. The number of halogens is 1. The van der Waals surface area contributed by atoms with Crippen molar-refractivity contribution in [2.24, 2.45) is 0 Å². The summed E-state index contributed by atoms with van der Waals surface area (Å²) in [6.45, 7) is 3.80. The van der Waals surface area contributed by atoms with Crippen molar-refractivity contribution in [1.82, 2.24) is 15.2 Å². The fraction of sp³-hybridized carbons (Fsp3) is 0.259. The van der Waals surface area contributed by atoms with Crippen LogP contribution in [0.2, 0.25) is 0 Å². The number of benzene rings is 2. The van der Waals surface area contributed by atoms with Crippen molar-refractivity contribution in [2.45, 2.75) is 45.3 Å². The molecule has 1 atom stereocenters. The second-order valence-electron chi connectivity index (χ2n) is 8.39. The van der Waals surface area contributed by atoms with Crippen molar-refractivity contribution in [3.05, 3.63) is 95.9 Å². The number of hydrogen-bond acceptors (Lipinski definition) is 4. The highest BCUT2D eigenvalue weighted by atomic mass is 19.1. The largest absolute Gasteiger partial charge is 0.352 e. The summed E-state index contributed by atoms with van der Waals surface area (Å²) in [6, 6.07) is 18.8. The first-order chi connectivity index (χ1) is 16.8. The van der Waals surface area contributed by atoms with E-state index in [0.29, 0.717) is 11.4 Å². The fourth-order valence-electron chi connectivity index (χ4n) is 3.59. The number of hydrogen-bond donors (Lipinski definition) is 2. The number of aromatic nitrogens is 1. The van der Waals surface area contributed by atoms with E-state index in [1.807, 2.05) is 44.2 Å². The topological polar surface area (TPSA) is 91.4 Å². The van der Waals surface area contributed by atoms with Crippen LogP contribution in [0.15, 0.2) is 79.0 Å². The third kappa shape index (κ3) is 7.74. The summed E-state index contributed by atoms with van der Waals surface area (Å²) in [4.78, 5) is 44.6. The van der Waals surface area contributed by atoms with Gasteiger partial charge in [0.2, 0.25) is 17.7 Å². The molecule has 0 saturated heterocycles. The summed E-state index contributed by atoms with van der Waals surface area (Å²) >= 11 is 0. The molecule has 0 spiro atoms. The van der Waals surface area contributed by atoms with E-state index in [4.69, 9.17) is 0 Å². The molecule has 35 heavy (non-hydrogen) atoms. The molecule has 8 heteroatoms. The summed E-state index contributed by atoms with van der Waals surface area (Å²) in [5, 5.41) is 5.52. The van der Waals surface area contributed by atoms with Gasteiger partial charge in [-0.25, -0.2) is 9.37 Å². The number of carbonyl (C=O) groups is 3. The molecule has 0 aliphatic rings. The number of anilines is 1. The van der Waals surface area contributed by atoms with Crippen LogP contribution in [-0.4, -0.2) is 33.6 Å². The molecule has 0 aliphatic heterocycles.